The first kappa shape index (κ1) is 16.0. The number of imidazole rings is 1. The van der Waals surface area contributed by atoms with Crippen molar-refractivity contribution in [2.24, 2.45) is 0 Å². The van der Waals surface area contributed by atoms with E-state index in [9.17, 15) is 4.79 Å². The van der Waals surface area contributed by atoms with Gasteiger partial charge in [-0.05, 0) is 37.1 Å². The molecule has 0 saturated heterocycles. The summed E-state index contributed by atoms with van der Waals surface area (Å²) in [5.74, 6) is 0.943. The van der Waals surface area contributed by atoms with Crippen LogP contribution in [-0.4, -0.2) is 15.5 Å². The van der Waals surface area contributed by atoms with Gasteiger partial charge in [-0.3, -0.25) is 4.79 Å². The number of amides is 1. The Kier molecular flexibility index (Phi) is 4.75. The second kappa shape index (κ2) is 7.13. The predicted octanol–water partition coefficient (Wildman–Crippen LogP) is 3.48. The van der Waals surface area contributed by atoms with Gasteiger partial charge in [0, 0.05) is 31.0 Å². The number of hydrogen-bond donors (Lipinski definition) is 1. The van der Waals surface area contributed by atoms with Gasteiger partial charge in [-0.25, -0.2) is 4.98 Å². The molecule has 1 amide bonds. The number of nitrogens with zero attached hydrogens (tertiary/aromatic N) is 2. The Hall–Kier alpha value is -2.88. The highest BCUT2D eigenvalue weighted by atomic mass is 16.1. The van der Waals surface area contributed by atoms with Gasteiger partial charge in [0.15, 0.2) is 0 Å². The minimum Gasteiger partial charge on any atom is -0.348 e. The van der Waals surface area contributed by atoms with Crippen LogP contribution in [0.4, 0.5) is 0 Å². The Bertz CT molecular complexity index is 834. The van der Waals surface area contributed by atoms with Crippen LogP contribution in [0.15, 0.2) is 60.9 Å². The van der Waals surface area contributed by atoms with E-state index in [0.717, 1.165) is 23.5 Å². The van der Waals surface area contributed by atoms with E-state index in [0.29, 0.717) is 12.1 Å². The third-order valence-electron chi connectivity index (χ3n) is 4.03. The van der Waals surface area contributed by atoms with Gasteiger partial charge in [0.1, 0.15) is 5.82 Å². The lowest BCUT2D eigenvalue weighted by Crippen LogP contribution is -2.22. The molecule has 1 heterocycles. The van der Waals surface area contributed by atoms with E-state index in [2.05, 4.69) is 27.0 Å². The molecule has 0 radical (unpaired) electrons. The van der Waals surface area contributed by atoms with Crippen molar-refractivity contribution in [1.29, 1.82) is 0 Å². The van der Waals surface area contributed by atoms with E-state index in [4.69, 9.17) is 0 Å². The monoisotopic (exact) mass is 319 g/mol. The van der Waals surface area contributed by atoms with Crippen molar-refractivity contribution in [3.8, 4) is 0 Å². The van der Waals surface area contributed by atoms with Gasteiger partial charge in [-0.2, -0.15) is 0 Å². The van der Waals surface area contributed by atoms with Gasteiger partial charge in [0.2, 0.25) is 0 Å². The molecule has 0 aliphatic rings. The predicted molar refractivity (Wildman–Crippen MR) is 94.9 cm³/mol. The Morgan fingerprint density at radius 2 is 1.83 bits per heavy atom. The first-order valence-corrected chi connectivity index (χ1v) is 8.02. The second-order valence-corrected chi connectivity index (χ2v) is 5.97. The Morgan fingerprint density at radius 1 is 1.08 bits per heavy atom. The number of carbonyl (C=O) groups excluding carboxylic acids is 1. The average Bonchev–Trinajstić information content (AvgIpc) is 2.98. The fourth-order valence-corrected chi connectivity index (χ4v) is 2.59. The summed E-state index contributed by atoms with van der Waals surface area (Å²) in [5, 5.41) is 2.97. The number of benzene rings is 2. The smallest absolute Gasteiger partial charge is 0.251 e. The molecule has 0 unspecified atom stereocenters. The van der Waals surface area contributed by atoms with E-state index in [1.54, 1.807) is 6.20 Å². The number of hydrogen-bond acceptors (Lipinski definition) is 2. The van der Waals surface area contributed by atoms with E-state index >= 15 is 0 Å². The van der Waals surface area contributed by atoms with Gasteiger partial charge >= 0.3 is 0 Å². The zero-order valence-corrected chi connectivity index (χ0v) is 14.0. The van der Waals surface area contributed by atoms with Gasteiger partial charge in [-0.15, -0.1) is 0 Å². The van der Waals surface area contributed by atoms with Crippen molar-refractivity contribution in [3.63, 3.8) is 0 Å². The maximum atomic E-state index is 12.2. The second-order valence-electron chi connectivity index (χ2n) is 5.97. The van der Waals surface area contributed by atoms with Crippen LogP contribution in [0.25, 0.3) is 0 Å². The molecule has 4 nitrogen and oxygen atoms in total. The molecule has 1 N–H and O–H groups in total. The Labute approximate surface area is 142 Å². The fourth-order valence-electron chi connectivity index (χ4n) is 2.59. The maximum Gasteiger partial charge on any atom is 0.251 e. The van der Waals surface area contributed by atoms with E-state index in [-0.39, 0.29) is 5.91 Å². The van der Waals surface area contributed by atoms with Crippen molar-refractivity contribution in [2.75, 3.05) is 0 Å². The van der Waals surface area contributed by atoms with Crippen LogP contribution in [0.5, 0.6) is 0 Å². The molecule has 0 saturated carbocycles. The number of rotatable bonds is 5. The Morgan fingerprint density at radius 3 is 2.54 bits per heavy atom. The molecule has 0 atom stereocenters. The van der Waals surface area contributed by atoms with Crippen LogP contribution < -0.4 is 5.32 Å². The van der Waals surface area contributed by atoms with E-state index in [1.807, 2.05) is 56.4 Å². The van der Waals surface area contributed by atoms with Crippen molar-refractivity contribution < 1.29 is 4.79 Å². The molecular weight excluding hydrogens is 298 g/mol. The highest BCUT2D eigenvalue weighted by Crippen LogP contribution is 2.09. The number of carbonyl (C=O) groups is 1. The molecule has 2 aromatic carbocycles. The quantitative estimate of drug-likeness (QED) is 0.782. The highest BCUT2D eigenvalue weighted by Gasteiger charge is 2.05. The van der Waals surface area contributed by atoms with Crippen LogP contribution in [-0.2, 0) is 13.1 Å². The lowest BCUT2D eigenvalue weighted by atomic mass is 10.1. The summed E-state index contributed by atoms with van der Waals surface area (Å²) in [6, 6.07) is 15.9. The zero-order valence-electron chi connectivity index (χ0n) is 14.0. The van der Waals surface area contributed by atoms with Crippen LogP contribution in [0.1, 0.15) is 32.9 Å². The molecule has 4 heteroatoms. The van der Waals surface area contributed by atoms with Crippen molar-refractivity contribution in [2.45, 2.75) is 26.9 Å². The first-order chi connectivity index (χ1) is 11.6. The largest absolute Gasteiger partial charge is 0.348 e. The molecule has 0 fully saturated rings. The summed E-state index contributed by atoms with van der Waals surface area (Å²) in [6.07, 6.45) is 3.78. The average molecular weight is 319 g/mol. The number of aromatic nitrogens is 2. The standard InChI is InChI=1S/C20H21N3O/c1-15-6-8-19(9-7-15)20(24)22-13-17-4-3-5-18(12-17)14-23-11-10-21-16(23)2/h3-12H,13-14H2,1-2H3,(H,22,24). The van der Waals surface area contributed by atoms with Crippen LogP contribution in [0.2, 0.25) is 0 Å². The van der Waals surface area contributed by atoms with Crippen LogP contribution in [0, 0.1) is 13.8 Å². The first-order valence-electron chi connectivity index (χ1n) is 8.02. The molecule has 3 aromatic rings. The molecule has 1 aromatic heterocycles. The maximum absolute atomic E-state index is 12.2. The van der Waals surface area contributed by atoms with Gasteiger partial charge in [-0.1, -0.05) is 42.0 Å². The minimum atomic E-state index is -0.0501. The van der Waals surface area contributed by atoms with Crippen molar-refractivity contribution in [1.82, 2.24) is 14.9 Å². The molecule has 0 bridgehead atoms. The molecule has 3 rings (SSSR count). The molecule has 0 aliphatic heterocycles. The zero-order chi connectivity index (χ0) is 16.9. The number of aryl methyl sites for hydroxylation is 2. The van der Waals surface area contributed by atoms with Gasteiger partial charge in [0.05, 0.1) is 0 Å². The fraction of sp³-hybridized carbons (Fsp3) is 0.200. The lowest BCUT2D eigenvalue weighted by Gasteiger charge is -2.09. The van der Waals surface area contributed by atoms with Crippen LogP contribution in [0.3, 0.4) is 0 Å². The third-order valence-corrected chi connectivity index (χ3v) is 4.03. The summed E-state index contributed by atoms with van der Waals surface area (Å²) in [7, 11) is 0. The van der Waals surface area contributed by atoms with Crippen molar-refractivity contribution in [3.05, 3.63) is 89.0 Å². The third kappa shape index (κ3) is 3.90. The normalized spacial score (nSPS) is 10.6. The van der Waals surface area contributed by atoms with E-state index < -0.39 is 0 Å². The molecule has 24 heavy (non-hydrogen) atoms. The summed E-state index contributed by atoms with van der Waals surface area (Å²) >= 11 is 0. The molecule has 0 spiro atoms. The van der Waals surface area contributed by atoms with E-state index in [1.165, 1.54) is 5.56 Å². The Balaban J connectivity index is 1.63. The van der Waals surface area contributed by atoms with Crippen molar-refractivity contribution >= 4 is 5.91 Å². The molecule has 0 aliphatic carbocycles. The summed E-state index contributed by atoms with van der Waals surface area (Å²) < 4.78 is 2.10. The summed E-state index contributed by atoms with van der Waals surface area (Å²) in [6.45, 7) is 5.30. The highest BCUT2D eigenvalue weighted by molar-refractivity contribution is 5.94. The van der Waals surface area contributed by atoms with Gasteiger partial charge < -0.3 is 9.88 Å². The summed E-state index contributed by atoms with van der Waals surface area (Å²) in [4.78, 5) is 16.4. The topological polar surface area (TPSA) is 46.9 Å². The number of nitrogens with one attached hydrogen (secondary N) is 1. The van der Waals surface area contributed by atoms with Gasteiger partial charge in [0.25, 0.3) is 5.91 Å². The minimum absolute atomic E-state index is 0.0501. The SMILES string of the molecule is Cc1ccc(C(=O)NCc2cccc(Cn3ccnc3C)c2)cc1. The summed E-state index contributed by atoms with van der Waals surface area (Å²) in [5.41, 5.74) is 4.11. The molecular formula is C20H21N3O. The lowest BCUT2D eigenvalue weighted by molar-refractivity contribution is 0.0951. The molecule has 122 valence electrons. The van der Waals surface area contributed by atoms with Crippen LogP contribution >= 0.6 is 0 Å².